The summed E-state index contributed by atoms with van der Waals surface area (Å²) in [5.41, 5.74) is 1.55. The number of nitrogens with one attached hydrogen (secondary N) is 1. The van der Waals surface area contributed by atoms with Crippen LogP contribution in [0.1, 0.15) is 17.3 Å². The number of rotatable bonds is 1. The lowest BCUT2D eigenvalue weighted by atomic mass is 10.1. The van der Waals surface area contributed by atoms with Crippen LogP contribution in [0.4, 0.5) is 0 Å². The summed E-state index contributed by atoms with van der Waals surface area (Å²) in [7, 11) is 2.09. The molecule has 2 heterocycles. The molecule has 0 saturated carbocycles. The van der Waals surface area contributed by atoms with E-state index in [0.717, 1.165) is 30.5 Å². The molecule has 5 nitrogen and oxygen atoms in total. The summed E-state index contributed by atoms with van der Waals surface area (Å²) in [5.74, 6) is 0.0930. The molecule has 3 rings (SSSR count). The SMILES string of the molecule is CC1CN(C)CCN1C(=O)c1cccc2cn[nH]c12. The number of hydrogen-bond donors (Lipinski definition) is 1. The molecule has 5 heteroatoms. The fourth-order valence-electron chi connectivity index (χ4n) is 2.74. The van der Waals surface area contributed by atoms with Crippen molar-refractivity contribution in [2.24, 2.45) is 0 Å². The third kappa shape index (κ3) is 2.10. The first-order chi connectivity index (χ1) is 9.16. The molecule has 19 heavy (non-hydrogen) atoms. The predicted molar refractivity (Wildman–Crippen MR) is 74.1 cm³/mol. The Hall–Kier alpha value is -1.88. The molecular formula is C14H18N4O. The highest BCUT2D eigenvalue weighted by Crippen LogP contribution is 2.19. The van der Waals surface area contributed by atoms with Crippen LogP contribution in [-0.2, 0) is 0 Å². The number of fused-ring (bicyclic) bond motifs is 1. The van der Waals surface area contributed by atoms with Crippen molar-refractivity contribution in [2.45, 2.75) is 13.0 Å². The Morgan fingerprint density at radius 3 is 3.05 bits per heavy atom. The highest BCUT2D eigenvalue weighted by Gasteiger charge is 2.27. The van der Waals surface area contributed by atoms with Gasteiger partial charge in [-0.1, -0.05) is 12.1 Å². The topological polar surface area (TPSA) is 52.2 Å². The molecule has 2 aromatic rings. The first-order valence-corrected chi connectivity index (χ1v) is 6.58. The smallest absolute Gasteiger partial charge is 0.256 e. The van der Waals surface area contributed by atoms with Gasteiger partial charge in [0.25, 0.3) is 5.91 Å². The number of aromatic amines is 1. The van der Waals surface area contributed by atoms with E-state index in [1.165, 1.54) is 0 Å². The monoisotopic (exact) mass is 258 g/mol. The first kappa shape index (κ1) is 12.2. The number of para-hydroxylation sites is 1. The Labute approximate surface area is 112 Å². The number of amides is 1. The number of hydrogen-bond acceptors (Lipinski definition) is 3. The van der Waals surface area contributed by atoms with Crippen LogP contribution in [-0.4, -0.2) is 58.6 Å². The van der Waals surface area contributed by atoms with Gasteiger partial charge in [-0.05, 0) is 20.0 Å². The summed E-state index contributed by atoms with van der Waals surface area (Å²) in [6, 6.07) is 5.98. The van der Waals surface area contributed by atoms with Gasteiger partial charge in [0.1, 0.15) is 0 Å². The van der Waals surface area contributed by atoms with Crippen LogP contribution in [0.3, 0.4) is 0 Å². The molecule has 100 valence electrons. The summed E-state index contributed by atoms with van der Waals surface area (Å²) in [6.07, 6.45) is 1.75. The Balaban J connectivity index is 1.93. The van der Waals surface area contributed by atoms with Crippen LogP contribution in [0.25, 0.3) is 10.9 Å². The molecule has 1 unspecified atom stereocenters. The lowest BCUT2D eigenvalue weighted by Crippen LogP contribution is -2.52. The maximum absolute atomic E-state index is 12.7. The number of carbonyl (C=O) groups is 1. The molecule has 1 amide bonds. The molecule has 1 saturated heterocycles. The fraction of sp³-hybridized carbons (Fsp3) is 0.429. The molecule has 1 N–H and O–H groups in total. The van der Waals surface area contributed by atoms with Crippen molar-refractivity contribution in [2.75, 3.05) is 26.7 Å². The van der Waals surface area contributed by atoms with E-state index in [-0.39, 0.29) is 11.9 Å². The zero-order valence-corrected chi connectivity index (χ0v) is 11.3. The molecule has 1 aliphatic rings. The standard InChI is InChI=1S/C14H18N4O/c1-10-9-17(2)6-7-18(10)14(19)12-5-3-4-11-8-15-16-13(11)12/h3-5,8,10H,6-7,9H2,1-2H3,(H,15,16). The van der Waals surface area contributed by atoms with E-state index in [9.17, 15) is 4.79 Å². The molecule has 0 radical (unpaired) electrons. The van der Waals surface area contributed by atoms with Crippen molar-refractivity contribution in [3.8, 4) is 0 Å². The summed E-state index contributed by atoms with van der Waals surface area (Å²) in [6.45, 7) is 4.72. The number of nitrogens with zero attached hydrogens (tertiary/aromatic N) is 3. The second kappa shape index (κ2) is 4.66. The number of benzene rings is 1. The Bertz CT molecular complexity index is 606. The largest absolute Gasteiger partial charge is 0.333 e. The molecule has 0 spiro atoms. The van der Waals surface area contributed by atoms with Gasteiger partial charge in [0.2, 0.25) is 0 Å². The van der Waals surface area contributed by atoms with Crippen molar-refractivity contribution < 1.29 is 4.79 Å². The van der Waals surface area contributed by atoms with Gasteiger partial charge in [-0.15, -0.1) is 0 Å². The van der Waals surface area contributed by atoms with Crippen LogP contribution in [0.15, 0.2) is 24.4 Å². The average Bonchev–Trinajstić information content (AvgIpc) is 2.86. The normalized spacial score (nSPS) is 20.9. The summed E-state index contributed by atoms with van der Waals surface area (Å²) < 4.78 is 0. The van der Waals surface area contributed by atoms with E-state index in [1.807, 2.05) is 23.1 Å². The van der Waals surface area contributed by atoms with Crippen LogP contribution < -0.4 is 0 Å². The second-order valence-corrected chi connectivity index (χ2v) is 5.25. The number of carbonyl (C=O) groups excluding carboxylic acids is 1. The van der Waals surface area contributed by atoms with E-state index in [2.05, 4.69) is 29.1 Å². The third-order valence-corrected chi connectivity index (χ3v) is 3.80. The van der Waals surface area contributed by atoms with Gasteiger partial charge in [0, 0.05) is 31.1 Å². The van der Waals surface area contributed by atoms with Crippen LogP contribution in [0, 0.1) is 0 Å². The van der Waals surface area contributed by atoms with E-state index < -0.39 is 0 Å². The maximum Gasteiger partial charge on any atom is 0.256 e. The number of likely N-dealkylation sites (N-methyl/N-ethyl adjacent to an activating group) is 1. The van der Waals surface area contributed by atoms with Crippen molar-refractivity contribution >= 4 is 16.8 Å². The van der Waals surface area contributed by atoms with Gasteiger partial charge in [-0.25, -0.2) is 0 Å². The molecule has 1 fully saturated rings. The van der Waals surface area contributed by atoms with E-state index in [0.29, 0.717) is 5.56 Å². The van der Waals surface area contributed by atoms with Crippen molar-refractivity contribution in [1.29, 1.82) is 0 Å². The van der Waals surface area contributed by atoms with Gasteiger partial charge in [-0.3, -0.25) is 9.89 Å². The fourth-order valence-corrected chi connectivity index (χ4v) is 2.74. The lowest BCUT2D eigenvalue weighted by molar-refractivity contribution is 0.0535. The van der Waals surface area contributed by atoms with Gasteiger partial charge in [0.15, 0.2) is 0 Å². The van der Waals surface area contributed by atoms with Crippen LogP contribution >= 0.6 is 0 Å². The van der Waals surface area contributed by atoms with Gasteiger partial charge >= 0.3 is 0 Å². The predicted octanol–water partition coefficient (Wildman–Crippen LogP) is 1.34. The Morgan fingerprint density at radius 2 is 2.26 bits per heavy atom. The van der Waals surface area contributed by atoms with Crippen LogP contribution in [0.2, 0.25) is 0 Å². The van der Waals surface area contributed by atoms with Crippen LogP contribution in [0.5, 0.6) is 0 Å². The molecule has 0 aliphatic carbocycles. The van der Waals surface area contributed by atoms with Gasteiger partial charge in [-0.2, -0.15) is 5.10 Å². The van der Waals surface area contributed by atoms with Gasteiger partial charge in [0.05, 0.1) is 17.3 Å². The first-order valence-electron chi connectivity index (χ1n) is 6.58. The summed E-state index contributed by atoms with van der Waals surface area (Å²) in [5, 5.41) is 7.92. The van der Waals surface area contributed by atoms with Crippen molar-refractivity contribution in [1.82, 2.24) is 20.0 Å². The third-order valence-electron chi connectivity index (χ3n) is 3.80. The van der Waals surface area contributed by atoms with Crippen molar-refractivity contribution in [3.63, 3.8) is 0 Å². The molecule has 1 atom stereocenters. The quantitative estimate of drug-likeness (QED) is 0.839. The minimum absolute atomic E-state index is 0.0930. The molecule has 0 bridgehead atoms. The summed E-state index contributed by atoms with van der Waals surface area (Å²) in [4.78, 5) is 16.9. The molecule has 1 aromatic heterocycles. The highest BCUT2D eigenvalue weighted by molar-refractivity contribution is 6.05. The van der Waals surface area contributed by atoms with Crippen molar-refractivity contribution in [3.05, 3.63) is 30.0 Å². The highest BCUT2D eigenvalue weighted by atomic mass is 16.2. The van der Waals surface area contributed by atoms with E-state index in [4.69, 9.17) is 0 Å². The lowest BCUT2D eigenvalue weighted by Gasteiger charge is -2.38. The van der Waals surface area contributed by atoms with E-state index in [1.54, 1.807) is 6.20 Å². The minimum atomic E-state index is 0.0930. The zero-order chi connectivity index (χ0) is 13.4. The number of aromatic nitrogens is 2. The zero-order valence-electron chi connectivity index (χ0n) is 11.3. The van der Waals surface area contributed by atoms with Gasteiger partial charge < -0.3 is 9.80 Å². The minimum Gasteiger partial charge on any atom is -0.333 e. The van der Waals surface area contributed by atoms with E-state index >= 15 is 0 Å². The summed E-state index contributed by atoms with van der Waals surface area (Å²) >= 11 is 0. The molecule has 1 aromatic carbocycles. The number of H-pyrrole nitrogens is 1. The molecule has 1 aliphatic heterocycles. The average molecular weight is 258 g/mol. The molecular weight excluding hydrogens is 240 g/mol. The Morgan fingerprint density at radius 1 is 1.42 bits per heavy atom. The second-order valence-electron chi connectivity index (χ2n) is 5.25. The number of piperazine rings is 1. The maximum atomic E-state index is 12.7. The Kier molecular flexibility index (Phi) is 2.98.